The van der Waals surface area contributed by atoms with Crippen molar-refractivity contribution in [3.05, 3.63) is 95.8 Å². The zero-order valence-electron chi connectivity index (χ0n) is 17.6. The number of aromatic nitrogens is 2. The Morgan fingerprint density at radius 2 is 1.61 bits per heavy atom. The Morgan fingerprint density at radius 3 is 2.39 bits per heavy atom. The summed E-state index contributed by atoms with van der Waals surface area (Å²) in [5, 5.41) is 2.94. The maximum atomic E-state index is 13.0. The number of nitrogens with zero attached hydrogens (tertiary/aromatic N) is 3. The number of para-hydroxylation sites is 3. The minimum atomic E-state index is -0.163. The van der Waals surface area contributed by atoms with Crippen LogP contribution in [0, 0.1) is 6.92 Å². The molecule has 0 fully saturated rings. The smallest absolute Gasteiger partial charge is 0.251 e. The number of benzene rings is 3. The highest BCUT2D eigenvalue weighted by atomic mass is 16.2. The zero-order chi connectivity index (χ0) is 21.8. The summed E-state index contributed by atoms with van der Waals surface area (Å²) in [5.74, 6) is 0.406. The molecule has 0 radical (unpaired) electrons. The first-order valence-corrected chi connectivity index (χ1v) is 10.1. The van der Waals surface area contributed by atoms with E-state index in [2.05, 4.69) is 10.3 Å². The van der Waals surface area contributed by atoms with E-state index in [9.17, 15) is 9.59 Å². The summed E-state index contributed by atoms with van der Waals surface area (Å²) >= 11 is 0. The zero-order valence-corrected chi connectivity index (χ0v) is 17.6. The lowest BCUT2D eigenvalue weighted by Crippen LogP contribution is -2.31. The molecule has 4 rings (SSSR count). The molecule has 6 nitrogen and oxygen atoms in total. The Bertz CT molecular complexity index is 1230. The predicted molar refractivity (Wildman–Crippen MR) is 122 cm³/mol. The van der Waals surface area contributed by atoms with Gasteiger partial charge < -0.3 is 14.8 Å². The molecule has 2 amide bonds. The van der Waals surface area contributed by atoms with Crippen LogP contribution in [0.5, 0.6) is 0 Å². The minimum Gasteiger partial charge on any atom is -0.345 e. The van der Waals surface area contributed by atoms with Crippen molar-refractivity contribution in [2.45, 2.75) is 20.0 Å². The molecule has 0 aliphatic carbocycles. The van der Waals surface area contributed by atoms with Crippen molar-refractivity contribution in [2.24, 2.45) is 0 Å². The van der Waals surface area contributed by atoms with E-state index in [0.29, 0.717) is 11.4 Å². The van der Waals surface area contributed by atoms with Gasteiger partial charge in [0, 0.05) is 18.3 Å². The van der Waals surface area contributed by atoms with Gasteiger partial charge in [0.15, 0.2) is 0 Å². The van der Waals surface area contributed by atoms with E-state index in [-0.39, 0.29) is 24.9 Å². The van der Waals surface area contributed by atoms with Gasteiger partial charge in [0.1, 0.15) is 12.4 Å². The number of imidazole rings is 1. The maximum Gasteiger partial charge on any atom is 0.251 e. The van der Waals surface area contributed by atoms with E-state index in [1.165, 1.54) is 0 Å². The van der Waals surface area contributed by atoms with E-state index < -0.39 is 0 Å². The van der Waals surface area contributed by atoms with E-state index in [4.69, 9.17) is 0 Å². The molecule has 31 heavy (non-hydrogen) atoms. The summed E-state index contributed by atoms with van der Waals surface area (Å²) in [5.41, 5.74) is 4.01. The van der Waals surface area contributed by atoms with Crippen LogP contribution in [-0.2, 0) is 17.9 Å². The molecule has 0 aliphatic rings. The standard InChI is InChI=1S/C25H24N4O2/c1-18-10-6-7-13-20(18)25(31)26-16-23-27-21-14-8-9-15-22(21)29(23)17-24(30)28(2)19-11-4-3-5-12-19/h3-15H,16-17H2,1-2H3,(H,26,31). The van der Waals surface area contributed by atoms with Crippen molar-refractivity contribution < 1.29 is 9.59 Å². The third-order valence-electron chi connectivity index (χ3n) is 5.34. The van der Waals surface area contributed by atoms with Gasteiger partial charge in [-0.1, -0.05) is 48.5 Å². The molecule has 0 spiro atoms. The van der Waals surface area contributed by atoms with Crippen molar-refractivity contribution in [3.8, 4) is 0 Å². The Hall–Kier alpha value is -3.93. The minimum absolute atomic E-state index is 0.0687. The molecule has 0 saturated heterocycles. The Morgan fingerprint density at radius 1 is 0.935 bits per heavy atom. The summed E-state index contributed by atoms with van der Waals surface area (Å²) in [4.78, 5) is 32.0. The lowest BCUT2D eigenvalue weighted by Gasteiger charge is -2.19. The van der Waals surface area contributed by atoms with Gasteiger partial charge in [-0.05, 0) is 42.8 Å². The Kier molecular flexibility index (Phi) is 5.80. The fraction of sp³-hybridized carbons (Fsp3) is 0.160. The van der Waals surface area contributed by atoms with Crippen LogP contribution in [0.3, 0.4) is 0 Å². The van der Waals surface area contributed by atoms with E-state index in [1.807, 2.05) is 84.3 Å². The number of anilines is 1. The first-order chi connectivity index (χ1) is 15.0. The van der Waals surface area contributed by atoms with Gasteiger partial charge in [0.2, 0.25) is 5.91 Å². The topological polar surface area (TPSA) is 67.2 Å². The van der Waals surface area contributed by atoms with Gasteiger partial charge in [-0.15, -0.1) is 0 Å². The number of fused-ring (bicyclic) bond motifs is 1. The molecule has 1 aromatic heterocycles. The van der Waals surface area contributed by atoms with Crippen LogP contribution in [0.1, 0.15) is 21.7 Å². The monoisotopic (exact) mass is 412 g/mol. The molecule has 0 atom stereocenters. The van der Waals surface area contributed by atoms with Gasteiger partial charge in [0.05, 0.1) is 17.6 Å². The summed E-state index contributed by atoms with van der Waals surface area (Å²) < 4.78 is 1.87. The number of rotatable bonds is 6. The van der Waals surface area contributed by atoms with Gasteiger partial charge in [-0.2, -0.15) is 0 Å². The van der Waals surface area contributed by atoms with Crippen LogP contribution >= 0.6 is 0 Å². The van der Waals surface area contributed by atoms with Crippen LogP contribution in [0.25, 0.3) is 11.0 Å². The molecule has 0 bridgehead atoms. The van der Waals surface area contributed by atoms with Crippen LogP contribution in [-0.4, -0.2) is 28.4 Å². The van der Waals surface area contributed by atoms with Gasteiger partial charge in [0.25, 0.3) is 5.91 Å². The van der Waals surface area contributed by atoms with Crippen molar-refractivity contribution in [2.75, 3.05) is 11.9 Å². The number of amides is 2. The van der Waals surface area contributed by atoms with Gasteiger partial charge in [-0.3, -0.25) is 9.59 Å². The third kappa shape index (κ3) is 4.33. The van der Waals surface area contributed by atoms with Crippen LogP contribution in [0.15, 0.2) is 78.9 Å². The average Bonchev–Trinajstić information content (AvgIpc) is 3.15. The molecule has 0 aliphatic heterocycles. The lowest BCUT2D eigenvalue weighted by molar-refractivity contribution is -0.118. The highest BCUT2D eigenvalue weighted by Crippen LogP contribution is 2.18. The Labute approximate surface area is 181 Å². The van der Waals surface area contributed by atoms with Gasteiger partial charge >= 0.3 is 0 Å². The van der Waals surface area contributed by atoms with E-state index >= 15 is 0 Å². The number of nitrogens with one attached hydrogen (secondary N) is 1. The highest BCUT2D eigenvalue weighted by molar-refractivity contribution is 5.96. The lowest BCUT2D eigenvalue weighted by atomic mass is 10.1. The molecular formula is C25H24N4O2. The molecule has 1 heterocycles. The number of carbonyl (C=O) groups excluding carboxylic acids is 2. The third-order valence-corrected chi connectivity index (χ3v) is 5.34. The van der Waals surface area contributed by atoms with Gasteiger partial charge in [-0.25, -0.2) is 4.98 Å². The first-order valence-electron chi connectivity index (χ1n) is 10.1. The second kappa shape index (κ2) is 8.83. The largest absolute Gasteiger partial charge is 0.345 e. The fourth-order valence-corrected chi connectivity index (χ4v) is 3.56. The quantitative estimate of drug-likeness (QED) is 0.522. The number of aryl methyl sites for hydroxylation is 1. The summed E-state index contributed by atoms with van der Waals surface area (Å²) in [7, 11) is 1.76. The summed E-state index contributed by atoms with van der Waals surface area (Å²) in [6.45, 7) is 2.26. The normalized spacial score (nSPS) is 10.8. The molecule has 1 N–H and O–H groups in total. The van der Waals surface area contributed by atoms with Crippen molar-refractivity contribution >= 4 is 28.5 Å². The fourth-order valence-electron chi connectivity index (χ4n) is 3.56. The molecule has 4 aromatic rings. The van der Waals surface area contributed by atoms with Crippen LogP contribution in [0.2, 0.25) is 0 Å². The molecule has 3 aromatic carbocycles. The molecular weight excluding hydrogens is 388 g/mol. The predicted octanol–water partition coefficient (Wildman–Crippen LogP) is 3.94. The van der Waals surface area contributed by atoms with Crippen LogP contribution in [0.4, 0.5) is 5.69 Å². The molecule has 0 saturated carbocycles. The van der Waals surface area contributed by atoms with E-state index in [1.54, 1.807) is 18.0 Å². The molecule has 6 heteroatoms. The average molecular weight is 412 g/mol. The summed E-state index contributed by atoms with van der Waals surface area (Å²) in [6, 6.07) is 24.6. The highest BCUT2D eigenvalue weighted by Gasteiger charge is 2.18. The van der Waals surface area contributed by atoms with Crippen LogP contribution < -0.4 is 10.2 Å². The van der Waals surface area contributed by atoms with Crippen molar-refractivity contribution in [1.82, 2.24) is 14.9 Å². The Balaban J connectivity index is 1.58. The molecule has 0 unspecified atom stereocenters. The number of likely N-dealkylation sites (N-methyl/N-ethyl adjacent to an activating group) is 1. The second-order valence-electron chi connectivity index (χ2n) is 7.39. The SMILES string of the molecule is Cc1ccccc1C(=O)NCc1nc2ccccc2n1CC(=O)N(C)c1ccccc1. The number of hydrogen-bond acceptors (Lipinski definition) is 3. The molecule has 156 valence electrons. The summed E-state index contributed by atoms with van der Waals surface area (Å²) in [6.07, 6.45) is 0. The maximum absolute atomic E-state index is 13.0. The number of hydrogen-bond donors (Lipinski definition) is 1. The first kappa shape index (κ1) is 20.3. The van der Waals surface area contributed by atoms with Crippen molar-refractivity contribution in [3.63, 3.8) is 0 Å². The number of carbonyl (C=O) groups is 2. The van der Waals surface area contributed by atoms with Crippen molar-refractivity contribution in [1.29, 1.82) is 0 Å². The van der Waals surface area contributed by atoms with E-state index in [0.717, 1.165) is 22.3 Å². The second-order valence-corrected chi connectivity index (χ2v) is 7.39.